The summed E-state index contributed by atoms with van der Waals surface area (Å²) in [6.07, 6.45) is 102. The van der Waals surface area contributed by atoms with E-state index in [9.17, 15) is 19.0 Å². The van der Waals surface area contributed by atoms with Gasteiger partial charge in [0, 0.05) is 12.8 Å². The summed E-state index contributed by atoms with van der Waals surface area (Å²) >= 11 is 0. The smallest absolute Gasteiger partial charge is 0.306 e. The molecule has 0 aromatic carbocycles. The Morgan fingerprint density at radius 3 is 0.935 bits per heavy atom. The molecular formula is C82H146NO8P. The van der Waals surface area contributed by atoms with Gasteiger partial charge >= 0.3 is 11.9 Å². The predicted octanol–water partition coefficient (Wildman–Crippen LogP) is 25.0. The van der Waals surface area contributed by atoms with Crippen molar-refractivity contribution in [3.8, 4) is 0 Å². The van der Waals surface area contributed by atoms with Crippen LogP contribution in [0, 0.1) is 0 Å². The molecule has 532 valence electrons. The third-order valence-corrected chi connectivity index (χ3v) is 17.7. The molecule has 2 atom stereocenters. The lowest BCUT2D eigenvalue weighted by molar-refractivity contribution is -0.870. The minimum absolute atomic E-state index is 0.0346. The number of unbranched alkanes of at least 4 members (excludes halogenated alkanes) is 39. The fourth-order valence-electron chi connectivity index (χ4n) is 10.9. The lowest BCUT2D eigenvalue weighted by Crippen LogP contribution is -2.37. The minimum Gasteiger partial charge on any atom is -0.756 e. The Balaban J connectivity index is 4.02. The lowest BCUT2D eigenvalue weighted by Gasteiger charge is -2.28. The van der Waals surface area contributed by atoms with E-state index < -0.39 is 26.5 Å². The van der Waals surface area contributed by atoms with Gasteiger partial charge in [-0.3, -0.25) is 14.2 Å². The molecule has 0 aliphatic rings. The molecule has 0 aromatic rings. The average Bonchev–Trinajstić information content (AvgIpc) is 2.14. The molecule has 0 heterocycles. The van der Waals surface area contributed by atoms with Crippen molar-refractivity contribution in [3.05, 3.63) is 109 Å². The molecule has 0 spiro atoms. The first-order valence-corrected chi connectivity index (χ1v) is 40.1. The van der Waals surface area contributed by atoms with Crippen LogP contribution in [0.15, 0.2) is 109 Å². The predicted molar refractivity (Wildman–Crippen MR) is 397 cm³/mol. The van der Waals surface area contributed by atoms with Crippen molar-refractivity contribution >= 4 is 19.8 Å². The first-order chi connectivity index (χ1) is 45.0. The van der Waals surface area contributed by atoms with Gasteiger partial charge in [0.25, 0.3) is 7.82 Å². The Labute approximate surface area is 569 Å². The number of rotatable bonds is 71. The number of hydrogen-bond donors (Lipinski definition) is 0. The molecule has 0 saturated heterocycles. The van der Waals surface area contributed by atoms with Crippen LogP contribution in [-0.2, 0) is 32.7 Å². The molecule has 0 N–H and O–H groups in total. The molecule has 10 heteroatoms. The number of carbonyl (C=O) groups excluding carboxylic acids is 2. The van der Waals surface area contributed by atoms with Crippen molar-refractivity contribution in [2.75, 3.05) is 47.5 Å². The van der Waals surface area contributed by atoms with E-state index in [1.165, 1.54) is 218 Å². The summed E-state index contributed by atoms with van der Waals surface area (Å²) in [5.41, 5.74) is 0. The second-order valence-electron chi connectivity index (χ2n) is 27.0. The normalized spacial score (nSPS) is 13.7. The highest BCUT2D eigenvalue weighted by molar-refractivity contribution is 7.45. The second-order valence-corrected chi connectivity index (χ2v) is 28.4. The molecule has 0 bridgehead atoms. The number of esters is 2. The van der Waals surface area contributed by atoms with Crippen LogP contribution in [0.3, 0.4) is 0 Å². The Bertz CT molecular complexity index is 1920. The summed E-state index contributed by atoms with van der Waals surface area (Å²) in [6, 6.07) is 0. The number of quaternary nitrogens is 1. The fraction of sp³-hybridized carbons (Fsp3) is 0.756. The number of nitrogens with zero attached hydrogens (tertiary/aromatic N) is 1. The SMILES string of the molecule is CC/C=C\C/C=C\C/C=C\C/C=C\C/C=C\C/C=C\C/C=C\C/C=C\CCCCCCCCCCCCC(=O)OC(COC(=O)CCCCCCCCCCCCCCCCCCCCCCC/C=C\CCCCCCCCCC)COP(=O)([O-])OCC[N+](C)(C)C. The molecule has 0 aromatic heterocycles. The Kier molecular flexibility index (Phi) is 69.3. The van der Waals surface area contributed by atoms with Crippen LogP contribution >= 0.6 is 7.82 Å². The van der Waals surface area contributed by atoms with E-state index in [2.05, 4.69) is 123 Å². The minimum atomic E-state index is -4.65. The maximum atomic E-state index is 12.9. The van der Waals surface area contributed by atoms with E-state index in [0.717, 1.165) is 96.3 Å². The van der Waals surface area contributed by atoms with Gasteiger partial charge in [-0.2, -0.15) is 0 Å². The highest BCUT2D eigenvalue weighted by atomic mass is 31.2. The summed E-state index contributed by atoms with van der Waals surface area (Å²) in [6.45, 7) is 4.16. The summed E-state index contributed by atoms with van der Waals surface area (Å²) in [5, 5.41) is 0. The molecule has 2 unspecified atom stereocenters. The molecule has 0 aliphatic heterocycles. The van der Waals surface area contributed by atoms with Crippen molar-refractivity contribution in [2.45, 2.75) is 354 Å². The third-order valence-electron chi connectivity index (χ3n) is 16.8. The lowest BCUT2D eigenvalue weighted by atomic mass is 10.0. The summed E-state index contributed by atoms with van der Waals surface area (Å²) < 4.78 is 34.4. The molecule has 0 saturated carbocycles. The second kappa shape index (κ2) is 72.0. The number of phosphoric ester groups is 1. The highest BCUT2D eigenvalue weighted by Crippen LogP contribution is 2.38. The zero-order valence-electron chi connectivity index (χ0n) is 60.7. The largest absolute Gasteiger partial charge is 0.756 e. The molecule has 0 aliphatic carbocycles. The van der Waals surface area contributed by atoms with Crippen molar-refractivity contribution in [3.63, 3.8) is 0 Å². The van der Waals surface area contributed by atoms with Crippen LogP contribution in [-0.4, -0.2) is 70.0 Å². The van der Waals surface area contributed by atoms with Gasteiger partial charge in [0.05, 0.1) is 27.7 Å². The standard InChI is InChI=1S/C82H146NO8P/c1-6-8-10-12-14-16-18-20-22-24-26-28-30-32-34-36-38-40-41-43-45-47-49-51-53-55-57-59-61-63-65-67-69-71-73-75-82(85)91-80(79-90-92(86,87)89-77-76-83(3,4)5)78-88-81(84)74-72-70-68-66-64-62-60-58-56-54-52-50-48-46-44-42-39-37-35-33-31-29-27-25-23-21-19-17-15-13-11-9-7-2/h8,10,14,16,20,22,25-28,32,34,38,40,43,45,49,51,80H,6-7,9,11-13,15,17-19,21,23-24,29-31,33,35-37,39,41-42,44,46-48,50,52-79H2,1-5H3/b10-8-,16-14-,22-20-,27-25-,28-26-,34-32-,40-38-,45-43-,51-49-. The zero-order chi connectivity index (χ0) is 66.9. The molecular weight excluding hydrogens is 1160 g/mol. The number of allylic oxidation sites excluding steroid dienone is 18. The monoisotopic (exact) mass is 1300 g/mol. The van der Waals surface area contributed by atoms with Crippen molar-refractivity contribution < 1.29 is 42.1 Å². The van der Waals surface area contributed by atoms with Gasteiger partial charge in [-0.25, -0.2) is 0 Å². The average molecular weight is 1310 g/mol. The van der Waals surface area contributed by atoms with E-state index >= 15 is 0 Å². The topological polar surface area (TPSA) is 111 Å². The maximum absolute atomic E-state index is 12.9. The van der Waals surface area contributed by atoms with Crippen LogP contribution < -0.4 is 4.89 Å². The zero-order valence-corrected chi connectivity index (χ0v) is 61.6. The van der Waals surface area contributed by atoms with Crippen molar-refractivity contribution in [1.29, 1.82) is 0 Å². The van der Waals surface area contributed by atoms with E-state index in [1.807, 2.05) is 21.1 Å². The number of carbonyl (C=O) groups is 2. The van der Waals surface area contributed by atoms with Crippen molar-refractivity contribution in [2.24, 2.45) is 0 Å². The van der Waals surface area contributed by atoms with Gasteiger partial charge < -0.3 is 27.9 Å². The molecule has 92 heavy (non-hydrogen) atoms. The third kappa shape index (κ3) is 75.7. The maximum Gasteiger partial charge on any atom is 0.306 e. The first kappa shape index (κ1) is 88.7. The van der Waals surface area contributed by atoms with Crippen LogP contribution in [0.1, 0.15) is 348 Å². The Morgan fingerprint density at radius 2 is 0.620 bits per heavy atom. The Morgan fingerprint density at radius 1 is 0.348 bits per heavy atom. The van der Waals surface area contributed by atoms with Crippen LogP contribution in [0.5, 0.6) is 0 Å². The molecule has 0 rings (SSSR count). The number of phosphoric acid groups is 1. The van der Waals surface area contributed by atoms with Crippen LogP contribution in [0.4, 0.5) is 0 Å². The molecule has 0 radical (unpaired) electrons. The highest BCUT2D eigenvalue weighted by Gasteiger charge is 2.22. The van der Waals surface area contributed by atoms with E-state index in [0.29, 0.717) is 17.4 Å². The van der Waals surface area contributed by atoms with Crippen LogP contribution in [0.2, 0.25) is 0 Å². The Hall–Kier alpha value is -3.33. The number of ether oxygens (including phenoxy) is 2. The molecule has 0 fully saturated rings. The summed E-state index contributed by atoms with van der Waals surface area (Å²) in [7, 11) is 1.17. The molecule has 9 nitrogen and oxygen atoms in total. The van der Waals surface area contributed by atoms with Crippen molar-refractivity contribution in [1.82, 2.24) is 0 Å². The van der Waals surface area contributed by atoms with Gasteiger partial charge in [-0.05, 0) is 103 Å². The summed E-state index contributed by atoms with van der Waals surface area (Å²) in [5.74, 6) is -0.829. The number of hydrogen-bond acceptors (Lipinski definition) is 8. The van der Waals surface area contributed by atoms with Crippen LogP contribution in [0.25, 0.3) is 0 Å². The van der Waals surface area contributed by atoms with Gasteiger partial charge in [0.15, 0.2) is 6.10 Å². The first-order valence-electron chi connectivity index (χ1n) is 38.6. The van der Waals surface area contributed by atoms with Gasteiger partial charge in [0.2, 0.25) is 0 Å². The van der Waals surface area contributed by atoms with Gasteiger partial charge in [-0.1, -0.05) is 342 Å². The summed E-state index contributed by atoms with van der Waals surface area (Å²) in [4.78, 5) is 38.2. The van der Waals surface area contributed by atoms with Gasteiger partial charge in [0.1, 0.15) is 19.8 Å². The van der Waals surface area contributed by atoms with E-state index in [4.69, 9.17) is 18.5 Å². The number of likely N-dealkylation sites (N-methyl/N-ethyl adjacent to an activating group) is 1. The quantitative estimate of drug-likeness (QED) is 0.0195. The van der Waals surface area contributed by atoms with E-state index in [-0.39, 0.29) is 32.0 Å². The van der Waals surface area contributed by atoms with E-state index in [1.54, 1.807) is 0 Å². The fourth-order valence-corrected chi connectivity index (χ4v) is 11.6. The van der Waals surface area contributed by atoms with Gasteiger partial charge in [-0.15, -0.1) is 0 Å². The molecule has 0 amide bonds.